The largest absolute Gasteiger partial charge is 0.386 e. The minimum atomic E-state index is -4.03. The van der Waals surface area contributed by atoms with Gasteiger partial charge >= 0.3 is 0 Å². The van der Waals surface area contributed by atoms with E-state index in [9.17, 15) is 17.2 Å². The van der Waals surface area contributed by atoms with Gasteiger partial charge in [0.25, 0.3) is 6.43 Å². The van der Waals surface area contributed by atoms with Gasteiger partial charge in [0.1, 0.15) is 22.8 Å². The summed E-state index contributed by atoms with van der Waals surface area (Å²) >= 11 is 0. The van der Waals surface area contributed by atoms with E-state index in [1.54, 1.807) is 6.07 Å². The van der Waals surface area contributed by atoms with Crippen LogP contribution in [0.25, 0.3) is 0 Å². The van der Waals surface area contributed by atoms with E-state index in [2.05, 4.69) is 4.98 Å². The first-order valence-corrected chi connectivity index (χ1v) is 6.17. The summed E-state index contributed by atoms with van der Waals surface area (Å²) in [5.74, 6) is 0. The van der Waals surface area contributed by atoms with Crippen LogP contribution in [-0.4, -0.2) is 37.6 Å². The van der Waals surface area contributed by atoms with Gasteiger partial charge in [-0.1, -0.05) is 0 Å². The third kappa shape index (κ3) is 3.69. The minimum Gasteiger partial charge on any atom is -0.386 e. The molecule has 1 rings (SSSR count). The lowest BCUT2D eigenvalue weighted by Crippen LogP contribution is -2.35. The summed E-state index contributed by atoms with van der Waals surface area (Å²) in [5, 5.41) is 17.3. The van der Waals surface area contributed by atoms with Gasteiger partial charge in [0.15, 0.2) is 0 Å². The number of aromatic nitrogens is 1. The maximum atomic E-state index is 12.0. The molecule has 1 aromatic heterocycles. The summed E-state index contributed by atoms with van der Waals surface area (Å²) in [7, 11) is -4.03. The van der Waals surface area contributed by atoms with Gasteiger partial charge in [0, 0.05) is 12.7 Å². The SMILES string of the molecule is N#Cc1ccc(S(=O)(=O)NCC(O)C(F)F)cn1. The second-order valence-corrected chi connectivity index (χ2v) is 5.01. The Hall–Kier alpha value is -1.63. The van der Waals surface area contributed by atoms with Gasteiger partial charge < -0.3 is 5.11 Å². The molecule has 0 saturated carbocycles. The molecule has 0 radical (unpaired) electrons. The lowest BCUT2D eigenvalue weighted by molar-refractivity contribution is -0.000452. The van der Waals surface area contributed by atoms with Crippen molar-refractivity contribution in [2.45, 2.75) is 17.4 Å². The van der Waals surface area contributed by atoms with Crippen LogP contribution in [0.5, 0.6) is 0 Å². The van der Waals surface area contributed by atoms with Crippen LogP contribution in [0.4, 0.5) is 8.78 Å². The summed E-state index contributed by atoms with van der Waals surface area (Å²) in [6.45, 7) is -0.806. The molecule has 0 aliphatic rings. The summed E-state index contributed by atoms with van der Waals surface area (Å²) in [5.41, 5.74) is 0.0292. The zero-order chi connectivity index (χ0) is 13.8. The maximum absolute atomic E-state index is 12.0. The molecular weight excluding hydrogens is 268 g/mol. The van der Waals surface area contributed by atoms with Gasteiger partial charge in [-0.15, -0.1) is 0 Å². The zero-order valence-electron chi connectivity index (χ0n) is 8.92. The molecule has 2 N–H and O–H groups in total. The second-order valence-electron chi connectivity index (χ2n) is 3.24. The first kappa shape index (κ1) is 14.4. The predicted molar refractivity (Wildman–Crippen MR) is 56.2 cm³/mol. The molecule has 0 aliphatic heterocycles. The number of hydrogen-bond donors (Lipinski definition) is 2. The van der Waals surface area contributed by atoms with Crippen molar-refractivity contribution in [3.8, 4) is 6.07 Å². The molecule has 1 aromatic rings. The molecule has 1 heterocycles. The average Bonchev–Trinajstić information content (AvgIpc) is 2.36. The quantitative estimate of drug-likeness (QED) is 0.779. The normalized spacial score (nSPS) is 13.3. The van der Waals surface area contributed by atoms with Crippen LogP contribution in [0, 0.1) is 11.3 Å². The van der Waals surface area contributed by atoms with E-state index in [-0.39, 0.29) is 10.6 Å². The van der Waals surface area contributed by atoms with Crippen molar-refractivity contribution in [2.75, 3.05) is 6.54 Å². The van der Waals surface area contributed by atoms with E-state index < -0.39 is 29.1 Å². The highest BCUT2D eigenvalue weighted by atomic mass is 32.2. The fourth-order valence-electron chi connectivity index (χ4n) is 0.973. The Morgan fingerprint density at radius 3 is 2.61 bits per heavy atom. The zero-order valence-corrected chi connectivity index (χ0v) is 9.73. The molecule has 0 aliphatic carbocycles. The Morgan fingerprint density at radius 2 is 2.17 bits per heavy atom. The van der Waals surface area contributed by atoms with E-state index in [4.69, 9.17) is 10.4 Å². The summed E-state index contributed by atoms with van der Waals surface area (Å²) in [6, 6.07) is 4.00. The number of nitrogens with zero attached hydrogens (tertiary/aromatic N) is 2. The molecule has 18 heavy (non-hydrogen) atoms. The Morgan fingerprint density at radius 1 is 1.50 bits per heavy atom. The number of nitrogens with one attached hydrogen (secondary N) is 1. The number of hydrogen-bond acceptors (Lipinski definition) is 5. The van der Waals surface area contributed by atoms with Crippen LogP contribution in [-0.2, 0) is 10.0 Å². The molecule has 0 amide bonds. The molecule has 0 spiro atoms. The Kier molecular flexibility index (Phi) is 4.66. The van der Waals surface area contributed by atoms with Crippen molar-refractivity contribution in [3.05, 3.63) is 24.0 Å². The highest BCUT2D eigenvalue weighted by molar-refractivity contribution is 7.89. The van der Waals surface area contributed by atoms with Crippen LogP contribution in [0.2, 0.25) is 0 Å². The Labute approximate surface area is 102 Å². The third-order valence-electron chi connectivity index (χ3n) is 1.93. The fourth-order valence-corrected chi connectivity index (χ4v) is 1.97. The van der Waals surface area contributed by atoms with Crippen molar-refractivity contribution in [1.82, 2.24) is 9.71 Å². The minimum absolute atomic E-state index is 0.0292. The van der Waals surface area contributed by atoms with Gasteiger partial charge in [-0.2, -0.15) is 5.26 Å². The molecule has 1 unspecified atom stereocenters. The van der Waals surface area contributed by atoms with Crippen molar-refractivity contribution in [2.24, 2.45) is 0 Å². The smallest absolute Gasteiger partial charge is 0.265 e. The number of halogens is 2. The number of sulfonamides is 1. The van der Waals surface area contributed by atoms with Crippen molar-refractivity contribution in [1.29, 1.82) is 5.26 Å². The molecule has 1 atom stereocenters. The lowest BCUT2D eigenvalue weighted by Gasteiger charge is -2.10. The van der Waals surface area contributed by atoms with E-state index in [1.165, 1.54) is 6.07 Å². The summed E-state index contributed by atoms with van der Waals surface area (Å²) < 4.78 is 48.9. The van der Waals surface area contributed by atoms with E-state index in [0.29, 0.717) is 0 Å². The Balaban J connectivity index is 2.77. The van der Waals surface area contributed by atoms with Crippen molar-refractivity contribution in [3.63, 3.8) is 0 Å². The van der Waals surface area contributed by atoms with Gasteiger partial charge in [0.05, 0.1) is 0 Å². The first-order chi connectivity index (χ1) is 8.36. The number of pyridine rings is 1. The van der Waals surface area contributed by atoms with Crippen molar-refractivity contribution >= 4 is 10.0 Å². The highest BCUT2D eigenvalue weighted by Crippen LogP contribution is 2.08. The van der Waals surface area contributed by atoms with Crippen LogP contribution in [0.3, 0.4) is 0 Å². The number of aliphatic hydroxyl groups excluding tert-OH is 1. The number of aliphatic hydroxyl groups is 1. The number of nitriles is 1. The van der Waals surface area contributed by atoms with Gasteiger partial charge in [-0.3, -0.25) is 0 Å². The number of rotatable bonds is 5. The fraction of sp³-hybridized carbons (Fsp3) is 0.333. The molecule has 98 valence electrons. The van der Waals surface area contributed by atoms with Crippen molar-refractivity contribution < 1.29 is 22.3 Å². The predicted octanol–water partition coefficient (Wildman–Crippen LogP) is -0.142. The average molecular weight is 277 g/mol. The second kappa shape index (κ2) is 5.81. The molecule has 0 saturated heterocycles. The molecule has 0 aromatic carbocycles. The Bertz CT molecular complexity index is 539. The molecule has 9 heteroatoms. The first-order valence-electron chi connectivity index (χ1n) is 4.69. The maximum Gasteiger partial charge on any atom is 0.265 e. The highest BCUT2D eigenvalue weighted by Gasteiger charge is 2.21. The molecular formula is C9H9F2N3O3S. The van der Waals surface area contributed by atoms with E-state index in [1.807, 2.05) is 4.72 Å². The molecule has 0 fully saturated rings. The lowest BCUT2D eigenvalue weighted by atomic mass is 10.4. The summed E-state index contributed by atoms with van der Waals surface area (Å²) in [6.07, 6.45) is -4.19. The summed E-state index contributed by atoms with van der Waals surface area (Å²) in [4.78, 5) is 3.26. The van der Waals surface area contributed by atoms with Crippen LogP contribution in [0.1, 0.15) is 5.69 Å². The van der Waals surface area contributed by atoms with E-state index >= 15 is 0 Å². The van der Waals surface area contributed by atoms with Gasteiger partial charge in [-0.25, -0.2) is 26.9 Å². The van der Waals surface area contributed by atoms with Crippen LogP contribution in [0.15, 0.2) is 23.2 Å². The van der Waals surface area contributed by atoms with Crippen LogP contribution < -0.4 is 4.72 Å². The number of alkyl halides is 2. The molecule has 6 nitrogen and oxygen atoms in total. The van der Waals surface area contributed by atoms with Crippen LogP contribution >= 0.6 is 0 Å². The standard InChI is InChI=1S/C9H9F2N3O3S/c10-9(11)8(15)5-14-18(16,17)7-2-1-6(3-12)13-4-7/h1-2,4,8-9,14-15H,5H2. The van der Waals surface area contributed by atoms with Gasteiger partial charge in [-0.05, 0) is 12.1 Å². The molecule has 0 bridgehead atoms. The third-order valence-corrected chi connectivity index (χ3v) is 3.34. The topological polar surface area (TPSA) is 103 Å². The van der Waals surface area contributed by atoms with E-state index in [0.717, 1.165) is 12.3 Å². The van der Waals surface area contributed by atoms with Gasteiger partial charge in [0.2, 0.25) is 10.0 Å². The monoisotopic (exact) mass is 277 g/mol.